The van der Waals surface area contributed by atoms with E-state index in [0.29, 0.717) is 18.4 Å². The predicted octanol–water partition coefficient (Wildman–Crippen LogP) is 3.24. The Morgan fingerprint density at radius 3 is 1.79 bits per heavy atom. The van der Waals surface area contributed by atoms with Crippen molar-refractivity contribution in [1.29, 1.82) is 0 Å². The summed E-state index contributed by atoms with van der Waals surface area (Å²) >= 11 is 0. The molecule has 6 nitrogen and oxygen atoms in total. The number of nitrogens with two attached hydrogens (primary N) is 1. The lowest BCUT2D eigenvalue weighted by molar-refractivity contribution is 0.414. The highest BCUT2D eigenvalue weighted by molar-refractivity contribution is 7.89. The Morgan fingerprint density at radius 2 is 1.34 bits per heavy atom. The van der Waals surface area contributed by atoms with Gasteiger partial charge in [0.1, 0.15) is 11.5 Å². The van der Waals surface area contributed by atoms with E-state index in [-0.39, 0.29) is 5.03 Å². The van der Waals surface area contributed by atoms with Crippen LogP contribution >= 0.6 is 0 Å². The van der Waals surface area contributed by atoms with Gasteiger partial charge in [-0.15, -0.1) is 0 Å². The van der Waals surface area contributed by atoms with Crippen molar-refractivity contribution in [3.05, 3.63) is 82.5 Å². The first-order valence-electron chi connectivity index (χ1n) is 9.08. The number of sulfonamides is 1. The number of hydrogen-bond donors (Lipinski definition) is 1. The maximum Gasteiger partial charge on any atom is 0.255 e. The van der Waals surface area contributed by atoms with Crippen LogP contribution in [0.4, 0.5) is 0 Å². The smallest absolute Gasteiger partial charge is 0.255 e. The molecule has 3 aromatic rings. The van der Waals surface area contributed by atoms with Crippen molar-refractivity contribution in [1.82, 2.24) is 4.98 Å². The molecule has 0 radical (unpaired) electrons. The van der Waals surface area contributed by atoms with Crippen LogP contribution in [-0.2, 0) is 22.9 Å². The largest absolute Gasteiger partial charge is 0.497 e. The van der Waals surface area contributed by atoms with E-state index in [4.69, 9.17) is 14.6 Å². The van der Waals surface area contributed by atoms with Crippen LogP contribution in [0.25, 0.3) is 0 Å². The topological polar surface area (TPSA) is 91.5 Å². The van der Waals surface area contributed by atoms with Crippen LogP contribution in [0.2, 0.25) is 0 Å². The monoisotopic (exact) mass is 412 g/mol. The molecule has 3 rings (SSSR count). The molecule has 0 atom stereocenters. The van der Waals surface area contributed by atoms with Crippen molar-refractivity contribution < 1.29 is 17.9 Å². The van der Waals surface area contributed by atoms with E-state index in [1.165, 1.54) is 0 Å². The molecular weight excluding hydrogens is 388 g/mol. The molecule has 7 heteroatoms. The third-order valence-corrected chi connectivity index (χ3v) is 5.81. The van der Waals surface area contributed by atoms with Gasteiger partial charge in [0.05, 0.1) is 14.2 Å². The minimum atomic E-state index is -3.91. The minimum absolute atomic E-state index is 0.0838. The summed E-state index contributed by atoms with van der Waals surface area (Å²) in [6, 6.07) is 15.5. The van der Waals surface area contributed by atoms with Gasteiger partial charge in [0, 0.05) is 6.20 Å². The number of benzene rings is 2. The third kappa shape index (κ3) is 4.93. The van der Waals surface area contributed by atoms with Gasteiger partial charge in [-0.05, 0) is 71.8 Å². The van der Waals surface area contributed by atoms with Gasteiger partial charge >= 0.3 is 0 Å². The standard InChI is InChI=1S/C22H24N2O4S/c1-15-21(13-17-6-10-20(28-3)11-7-17)18(14-24-22(15)29(23,25)26)12-16-4-8-19(27-2)9-5-16/h4-11,14H,12-13H2,1-3H3,(H2,23,25,26). The molecule has 2 N–H and O–H groups in total. The normalized spacial score (nSPS) is 11.3. The Bertz CT molecular complexity index is 1090. The van der Waals surface area contributed by atoms with Crippen molar-refractivity contribution in [2.24, 2.45) is 5.14 Å². The zero-order chi connectivity index (χ0) is 21.0. The molecule has 0 unspecified atom stereocenters. The Labute approximate surface area is 171 Å². The molecular formula is C22H24N2O4S. The average Bonchev–Trinajstić information content (AvgIpc) is 2.70. The summed E-state index contributed by atoms with van der Waals surface area (Å²) < 4.78 is 34.4. The van der Waals surface area contributed by atoms with Crippen LogP contribution in [-0.4, -0.2) is 27.6 Å². The number of aromatic nitrogens is 1. The first kappa shape index (κ1) is 20.8. The molecule has 1 aromatic heterocycles. The zero-order valence-electron chi connectivity index (χ0n) is 16.7. The first-order valence-corrected chi connectivity index (χ1v) is 10.6. The fourth-order valence-electron chi connectivity index (χ4n) is 3.28. The molecule has 2 aromatic carbocycles. The molecule has 0 aliphatic rings. The zero-order valence-corrected chi connectivity index (χ0v) is 17.5. The van der Waals surface area contributed by atoms with E-state index in [1.807, 2.05) is 48.5 Å². The SMILES string of the molecule is COc1ccc(Cc2cnc(S(N)(=O)=O)c(C)c2Cc2ccc(OC)cc2)cc1. The highest BCUT2D eigenvalue weighted by Crippen LogP contribution is 2.26. The first-order chi connectivity index (χ1) is 13.8. The summed E-state index contributed by atoms with van der Waals surface area (Å²) in [4.78, 5) is 4.15. The fraction of sp³-hybridized carbons (Fsp3) is 0.227. The molecule has 0 amide bonds. The van der Waals surface area contributed by atoms with Crippen LogP contribution in [0.1, 0.15) is 27.8 Å². The van der Waals surface area contributed by atoms with E-state index in [2.05, 4.69) is 4.98 Å². The summed E-state index contributed by atoms with van der Waals surface area (Å²) in [5.74, 6) is 1.55. The van der Waals surface area contributed by atoms with Crippen LogP contribution < -0.4 is 14.6 Å². The quantitative estimate of drug-likeness (QED) is 0.643. The van der Waals surface area contributed by atoms with E-state index in [0.717, 1.165) is 33.8 Å². The highest BCUT2D eigenvalue weighted by Gasteiger charge is 2.19. The Morgan fingerprint density at radius 1 is 0.862 bits per heavy atom. The maximum absolute atomic E-state index is 12.0. The predicted molar refractivity (Wildman–Crippen MR) is 112 cm³/mol. The third-order valence-electron chi connectivity index (χ3n) is 4.86. The number of ether oxygens (including phenoxy) is 2. The summed E-state index contributed by atoms with van der Waals surface area (Å²) in [6.07, 6.45) is 2.79. The van der Waals surface area contributed by atoms with Gasteiger partial charge in [-0.1, -0.05) is 24.3 Å². The Balaban J connectivity index is 2.02. The second-order valence-corrected chi connectivity index (χ2v) is 8.26. The van der Waals surface area contributed by atoms with Gasteiger partial charge in [-0.25, -0.2) is 18.5 Å². The van der Waals surface area contributed by atoms with Gasteiger partial charge < -0.3 is 9.47 Å². The fourth-order valence-corrected chi connectivity index (χ4v) is 4.03. The molecule has 29 heavy (non-hydrogen) atoms. The van der Waals surface area contributed by atoms with E-state index in [9.17, 15) is 8.42 Å². The highest BCUT2D eigenvalue weighted by atomic mass is 32.2. The molecule has 152 valence electrons. The second kappa shape index (κ2) is 8.63. The van der Waals surface area contributed by atoms with Gasteiger partial charge in [0.15, 0.2) is 5.03 Å². The van der Waals surface area contributed by atoms with Crippen LogP contribution in [0.3, 0.4) is 0 Å². The van der Waals surface area contributed by atoms with Gasteiger partial charge in [-0.2, -0.15) is 0 Å². The number of methoxy groups -OCH3 is 2. The van der Waals surface area contributed by atoms with Crippen molar-refractivity contribution >= 4 is 10.0 Å². The van der Waals surface area contributed by atoms with E-state index >= 15 is 0 Å². The maximum atomic E-state index is 12.0. The number of pyridine rings is 1. The second-order valence-electron chi connectivity index (χ2n) is 6.79. The van der Waals surface area contributed by atoms with Gasteiger partial charge in [0.2, 0.25) is 0 Å². The lowest BCUT2D eigenvalue weighted by atomic mass is 9.94. The number of nitrogens with zero attached hydrogens (tertiary/aromatic N) is 1. The van der Waals surface area contributed by atoms with Crippen molar-refractivity contribution in [3.63, 3.8) is 0 Å². The van der Waals surface area contributed by atoms with Crippen molar-refractivity contribution in [3.8, 4) is 11.5 Å². The van der Waals surface area contributed by atoms with E-state index < -0.39 is 10.0 Å². The van der Waals surface area contributed by atoms with Crippen molar-refractivity contribution in [2.45, 2.75) is 24.8 Å². The van der Waals surface area contributed by atoms with Gasteiger partial charge in [0.25, 0.3) is 10.0 Å². The number of rotatable bonds is 7. The Kier molecular flexibility index (Phi) is 6.20. The molecule has 0 fully saturated rings. The lowest BCUT2D eigenvalue weighted by Gasteiger charge is -2.16. The number of primary sulfonamides is 1. The summed E-state index contributed by atoms with van der Waals surface area (Å²) in [5, 5.41) is 5.29. The van der Waals surface area contributed by atoms with Gasteiger partial charge in [-0.3, -0.25) is 0 Å². The van der Waals surface area contributed by atoms with Crippen LogP contribution in [0.15, 0.2) is 59.8 Å². The summed E-state index contributed by atoms with van der Waals surface area (Å²) in [6.45, 7) is 1.75. The molecule has 0 aliphatic heterocycles. The summed E-state index contributed by atoms with van der Waals surface area (Å²) in [7, 11) is -0.661. The van der Waals surface area contributed by atoms with Crippen LogP contribution in [0.5, 0.6) is 11.5 Å². The molecule has 0 aliphatic carbocycles. The van der Waals surface area contributed by atoms with Crippen LogP contribution in [0, 0.1) is 6.92 Å². The molecule has 1 heterocycles. The summed E-state index contributed by atoms with van der Waals surface area (Å²) in [5.41, 5.74) is 4.55. The lowest BCUT2D eigenvalue weighted by Crippen LogP contribution is -2.17. The Hall–Kier alpha value is -2.90. The van der Waals surface area contributed by atoms with Crippen molar-refractivity contribution in [2.75, 3.05) is 14.2 Å². The number of hydrogen-bond acceptors (Lipinski definition) is 5. The molecule has 0 saturated carbocycles. The van der Waals surface area contributed by atoms with E-state index in [1.54, 1.807) is 27.3 Å². The molecule has 0 bridgehead atoms. The molecule has 0 saturated heterocycles. The average molecular weight is 413 g/mol. The molecule has 0 spiro atoms. The minimum Gasteiger partial charge on any atom is -0.497 e.